The van der Waals surface area contributed by atoms with E-state index in [4.69, 9.17) is 0 Å². The maximum Gasteiger partial charge on any atom is 0.261 e. The standard InChI is InChI=1S/C30H27FN4O3S/c1-4-25(20-9-6-5-7-10-20)35-26(28-32-18(2)17-39-28)33-27(36)23(30(35)38)15-19-12-13-21(24(31)16-19)22-11-8-14-34(3)29(22)37/h5-14,16-17,25,36H,4,15H2,1-3H3. The number of halogens is 1. The van der Waals surface area contributed by atoms with Gasteiger partial charge in [0.25, 0.3) is 11.1 Å². The lowest BCUT2D eigenvalue weighted by molar-refractivity contribution is 0.434. The minimum absolute atomic E-state index is 0.0376. The van der Waals surface area contributed by atoms with Gasteiger partial charge in [-0.15, -0.1) is 11.3 Å². The van der Waals surface area contributed by atoms with Crippen molar-refractivity contribution in [1.29, 1.82) is 0 Å². The Balaban J connectivity index is 1.62. The summed E-state index contributed by atoms with van der Waals surface area (Å²) in [7, 11) is 1.61. The Morgan fingerprint density at radius 1 is 1.00 bits per heavy atom. The third kappa shape index (κ3) is 5.05. The second-order valence-corrected chi connectivity index (χ2v) is 10.2. The van der Waals surface area contributed by atoms with Crippen LogP contribution in [0.15, 0.2) is 81.8 Å². The molecule has 9 heteroatoms. The van der Waals surface area contributed by atoms with Gasteiger partial charge in [-0.1, -0.05) is 49.4 Å². The van der Waals surface area contributed by atoms with Crippen LogP contribution in [0.2, 0.25) is 0 Å². The van der Waals surface area contributed by atoms with Gasteiger partial charge in [0.05, 0.1) is 17.2 Å². The van der Waals surface area contributed by atoms with Crippen LogP contribution in [0.1, 0.15) is 41.8 Å². The van der Waals surface area contributed by atoms with Crippen molar-refractivity contribution in [2.24, 2.45) is 7.05 Å². The number of nitrogens with zero attached hydrogens (tertiary/aromatic N) is 4. The van der Waals surface area contributed by atoms with Crippen molar-refractivity contribution in [1.82, 2.24) is 19.1 Å². The van der Waals surface area contributed by atoms with Gasteiger partial charge in [-0.2, -0.15) is 4.98 Å². The van der Waals surface area contributed by atoms with E-state index in [2.05, 4.69) is 9.97 Å². The lowest BCUT2D eigenvalue weighted by atomic mass is 10.00. The molecule has 0 aliphatic carbocycles. The summed E-state index contributed by atoms with van der Waals surface area (Å²) in [5, 5.41) is 13.3. The number of benzene rings is 2. The van der Waals surface area contributed by atoms with E-state index in [9.17, 15) is 14.7 Å². The Bertz CT molecular complexity index is 1780. The normalized spacial score (nSPS) is 12.0. The van der Waals surface area contributed by atoms with Crippen molar-refractivity contribution in [2.75, 3.05) is 0 Å². The second kappa shape index (κ2) is 10.8. The molecule has 0 aliphatic rings. The topological polar surface area (TPSA) is 90.0 Å². The molecule has 3 aromatic heterocycles. The van der Waals surface area contributed by atoms with Crippen LogP contribution >= 0.6 is 11.3 Å². The first-order valence-electron chi connectivity index (χ1n) is 12.5. The molecule has 0 fully saturated rings. The van der Waals surface area contributed by atoms with Crippen LogP contribution in [-0.2, 0) is 13.5 Å². The van der Waals surface area contributed by atoms with E-state index in [1.165, 1.54) is 28.0 Å². The second-order valence-electron chi connectivity index (χ2n) is 9.37. The Hall–Kier alpha value is -4.37. The summed E-state index contributed by atoms with van der Waals surface area (Å²) in [6.07, 6.45) is 2.17. The third-order valence-corrected chi connectivity index (χ3v) is 7.66. The molecular weight excluding hydrogens is 515 g/mol. The van der Waals surface area contributed by atoms with Gasteiger partial charge in [0.1, 0.15) is 5.82 Å². The molecule has 5 rings (SSSR count). The number of hydrogen-bond donors (Lipinski definition) is 1. The van der Waals surface area contributed by atoms with Crippen molar-refractivity contribution >= 4 is 11.3 Å². The molecule has 1 atom stereocenters. The number of aromatic nitrogens is 4. The molecule has 39 heavy (non-hydrogen) atoms. The SMILES string of the molecule is CCC(c1ccccc1)n1c(-c2nc(C)cs2)nc(O)c(Cc2ccc(-c3cccn(C)c3=O)c(F)c2)c1=O. The van der Waals surface area contributed by atoms with Gasteiger partial charge in [0, 0.05) is 36.3 Å². The van der Waals surface area contributed by atoms with Gasteiger partial charge in [-0.3, -0.25) is 14.2 Å². The van der Waals surface area contributed by atoms with Gasteiger partial charge in [-0.05, 0) is 42.7 Å². The Morgan fingerprint density at radius 2 is 1.77 bits per heavy atom. The first kappa shape index (κ1) is 26.2. The average molecular weight is 543 g/mol. The van der Waals surface area contributed by atoms with Gasteiger partial charge in [-0.25, -0.2) is 9.37 Å². The summed E-state index contributed by atoms with van der Waals surface area (Å²) < 4.78 is 18.2. The van der Waals surface area contributed by atoms with Crippen molar-refractivity contribution in [2.45, 2.75) is 32.7 Å². The minimum Gasteiger partial charge on any atom is -0.493 e. The summed E-state index contributed by atoms with van der Waals surface area (Å²) in [5.74, 6) is -0.714. The fraction of sp³-hybridized carbons (Fsp3) is 0.200. The van der Waals surface area contributed by atoms with E-state index < -0.39 is 17.3 Å². The number of hydrogen-bond acceptors (Lipinski definition) is 6. The van der Waals surface area contributed by atoms with Crippen LogP contribution < -0.4 is 11.1 Å². The fourth-order valence-electron chi connectivity index (χ4n) is 4.75. The Labute approximate surface area is 228 Å². The van der Waals surface area contributed by atoms with Crippen LogP contribution in [0.5, 0.6) is 5.88 Å². The van der Waals surface area contributed by atoms with E-state index in [0.717, 1.165) is 11.3 Å². The molecule has 1 unspecified atom stereocenters. The summed E-state index contributed by atoms with van der Waals surface area (Å²) in [6.45, 7) is 3.84. The Morgan fingerprint density at radius 3 is 2.44 bits per heavy atom. The van der Waals surface area contributed by atoms with Crippen LogP contribution in [0.3, 0.4) is 0 Å². The van der Waals surface area contributed by atoms with Crippen molar-refractivity contribution in [3.05, 3.63) is 121 Å². The molecule has 1 N–H and O–H groups in total. The van der Waals surface area contributed by atoms with Gasteiger partial charge in [0.15, 0.2) is 10.8 Å². The van der Waals surface area contributed by atoms with Gasteiger partial charge in [0.2, 0.25) is 5.88 Å². The van der Waals surface area contributed by atoms with E-state index in [1.54, 1.807) is 36.0 Å². The molecule has 0 saturated carbocycles. The fourth-order valence-corrected chi connectivity index (χ4v) is 5.53. The third-order valence-electron chi connectivity index (χ3n) is 6.71. The predicted octanol–water partition coefficient (Wildman–Crippen LogP) is 5.48. The monoisotopic (exact) mass is 542 g/mol. The zero-order valence-corrected chi connectivity index (χ0v) is 22.6. The maximum atomic E-state index is 15.2. The highest BCUT2D eigenvalue weighted by atomic mass is 32.1. The molecule has 0 bridgehead atoms. The minimum atomic E-state index is -0.589. The highest BCUT2D eigenvalue weighted by Gasteiger charge is 2.25. The summed E-state index contributed by atoms with van der Waals surface area (Å²) in [6, 6.07) is 17.0. The Kier molecular flexibility index (Phi) is 7.26. The van der Waals surface area contributed by atoms with Crippen LogP contribution in [0.4, 0.5) is 4.39 Å². The summed E-state index contributed by atoms with van der Waals surface area (Å²) in [4.78, 5) is 35.5. The van der Waals surface area contributed by atoms with Gasteiger partial charge < -0.3 is 9.67 Å². The number of aromatic hydroxyl groups is 1. The molecule has 5 aromatic rings. The summed E-state index contributed by atoms with van der Waals surface area (Å²) in [5.41, 5.74) is 1.93. The first-order valence-corrected chi connectivity index (χ1v) is 13.4. The van der Waals surface area contributed by atoms with Crippen LogP contribution in [0, 0.1) is 12.7 Å². The lowest BCUT2D eigenvalue weighted by Gasteiger charge is -2.22. The molecule has 198 valence electrons. The molecule has 0 saturated heterocycles. The highest BCUT2D eigenvalue weighted by Crippen LogP contribution is 2.31. The smallest absolute Gasteiger partial charge is 0.261 e. The largest absolute Gasteiger partial charge is 0.493 e. The molecule has 0 amide bonds. The first-order chi connectivity index (χ1) is 18.8. The maximum absolute atomic E-state index is 15.2. The van der Waals surface area contributed by atoms with Crippen molar-refractivity contribution in [3.63, 3.8) is 0 Å². The van der Waals surface area contributed by atoms with Crippen molar-refractivity contribution < 1.29 is 9.50 Å². The molecule has 0 spiro atoms. The highest BCUT2D eigenvalue weighted by molar-refractivity contribution is 7.13. The quantitative estimate of drug-likeness (QED) is 0.294. The number of rotatable bonds is 7. The molecular formula is C30H27FN4O3S. The van der Waals surface area contributed by atoms with Crippen LogP contribution in [0.25, 0.3) is 22.0 Å². The number of pyridine rings is 1. The zero-order valence-electron chi connectivity index (χ0n) is 21.8. The van der Waals surface area contributed by atoms with E-state index in [0.29, 0.717) is 17.0 Å². The summed E-state index contributed by atoms with van der Waals surface area (Å²) >= 11 is 1.35. The van der Waals surface area contributed by atoms with E-state index in [1.807, 2.05) is 49.6 Å². The molecule has 2 aromatic carbocycles. The van der Waals surface area contributed by atoms with E-state index >= 15 is 4.39 Å². The van der Waals surface area contributed by atoms with Gasteiger partial charge >= 0.3 is 0 Å². The van der Waals surface area contributed by atoms with Crippen molar-refractivity contribution in [3.8, 4) is 27.8 Å². The average Bonchev–Trinajstić information content (AvgIpc) is 3.36. The lowest BCUT2D eigenvalue weighted by Crippen LogP contribution is -2.31. The van der Waals surface area contributed by atoms with Crippen LogP contribution in [-0.4, -0.2) is 24.2 Å². The molecule has 7 nitrogen and oxygen atoms in total. The predicted molar refractivity (Wildman–Crippen MR) is 151 cm³/mol. The zero-order chi connectivity index (χ0) is 27.7. The molecule has 0 aliphatic heterocycles. The molecule has 3 heterocycles. The number of aryl methyl sites for hydroxylation is 2. The van der Waals surface area contributed by atoms with E-state index in [-0.39, 0.29) is 40.5 Å². The number of thiazole rings is 1. The molecule has 0 radical (unpaired) electrons.